The summed E-state index contributed by atoms with van der Waals surface area (Å²) in [5.74, 6) is -0.572. The molecule has 3 heterocycles. The van der Waals surface area contributed by atoms with E-state index in [2.05, 4.69) is 20.5 Å². The van der Waals surface area contributed by atoms with Gasteiger partial charge in [0.2, 0.25) is 0 Å². The summed E-state index contributed by atoms with van der Waals surface area (Å²) in [5.41, 5.74) is 2.51. The molecule has 0 aliphatic heterocycles. The van der Waals surface area contributed by atoms with E-state index in [1.807, 2.05) is 31.2 Å². The van der Waals surface area contributed by atoms with Crippen molar-refractivity contribution in [2.45, 2.75) is 25.8 Å². The molecule has 30 heavy (non-hydrogen) atoms. The second kappa shape index (κ2) is 7.49. The highest BCUT2D eigenvalue weighted by Gasteiger charge is 2.32. The summed E-state index contributed by atoms with van der Waals surface area (Å²) in [4.78, 5) is 16.7. The van der Waals surface area contributed by atoms with Crippen molar-refractivity contribution in [2.24, 2.45) is 0 Å². The van der Waals surface area contributed by atoms with E-state index in [-0.39, 0.29) is 11.3 Å². The Bertz CT molecular complexity index is 1240. The number of aryl methyl sites for hydroxylation is 2. The number of hydrogen-bond acceptors (Lipinski definition) is 4. The fraction of sp³-hybridized carbons (Fsp3) is 0.200. The number of halogens is 3. The number of carbonyl (C=O) groups is 1. The van der Waals surface area contributed by atoms with Crippen molar-refractivity contribution in [3.8, 4) is 0 Å². The van der Waals surface area contributed by atoms with Gasteiger partial charge in [-0.05, 0) is 42.6 Å². The number of nitrogens with one attached hydrogen (secondary N) is 1. The topological polar surface area (TPSA) is 77.1 Å². The van der Waals surface area contributed by atoms with Crippen LogP contribution in [0.25, 0.3) is 5.65 Å². The van der Waals surface area contributed by atoms with Gasteiger partial charge in [-0.1, -0.05) is 24.3 Å². The molecular weight excluding hydrogens is 414 g/mol. The number of benzene rings is 1. The Kier molecular flexibility index (Phi) is 4.98. The number of anilines is 1. The van der Waals surface area contributed by atoms with Crippen LogP contribution in [0.2, 0.25) is 0 Å². The van der Waals surface area contributed by atoms with Gasteiger partial charge in [-0.3, -0.25) is 9.48 Å². The molecule has 1 amide bonds. The van der Waals surface area contributed by atoms with Crippen molar-refractivity contribution in [3.05, 3.63) is 77.0 Å². The van der Waals surface area contributed by atoms with E-state index in [1.54, 1.807) is 17.8 Å². The van der Waals surface area contributed by atoms with Gasteiger partial charge < -0.3 is 5.32 Å². The van der Waals surface area contributed by atoms with E-state index < -0.39 is 17.0 Å². The Morgan fingerprint density at radius 1 is 1.23 bits per heavy atom. The molecule has 0 spiro atoms. The predicted molar refractivity (Wildman–Crippen MR) is 108 cm³/mol. The van der Waals surface area contributed by atoms with Gasteiger partial charge in [0, 0.05) is 18.0 Å². The Hall–Kier alpha value is -3.33. The summed E-state index contributed by atoms with van der Waals surface area (Å²) in [6, 6.07) is 10.4. The number of nitrogens with zero attached hydrogens (tertiary/aromatic N) is 5. The SMILES string of the molecule is Cc1cc(C(F)(F)Cl)n2nc(C(=O)Nc3cnn(Cc4ccccc4C)c3)cc2n1. The molecule has 0 unspecified atom stereocenters. The van der Waals surface area contributed by atoms with Crippen LogP contribution >= 0.6 is 11.6 Å². The van der Waals surface area contributed by atoms with Crippen molar-refractivity contribution in [2.75, 3.05) is 5.32 Å². The molecule has 4 aromatic rings. The average Bonchev–Trinajstić information content (AvgIpc) is 3.28. The molecule has 7 nitrogen and oxygen atoms in total. The molecule has 0 aliphatic rings. The third kappa shape index (κ3) is 4.02. The van der Waals surface area contributed by atoms with Crippen LogP contribution in [0, 0.1) is 13.8 Å². The molecule has 0 radical (unpaired) electrons. The molecule has 0 saturated carbocycles. The van der Waals surface area contributed by atoms with Crippen LogP contribution in [0.1, 0.15) is 33.0 Å². The predicted octanol–water partition coefficient (Wildman–Crippen LogP) is 4.13. The first-order valence-corrected chi connectivity index (χ1v) is 9.41. The monoisotopic (exact) mass is 430 g/mol. The van der Waals surface area contributed by atoms with Crippen molar-refractivity contribution >= 4 is 28.8 Å². The molecule has 0 saturated heterocycles. The molecule has 1 N–H and O–H groups in total. The van der Waals surface area contributed by atoms with E-state index >= 15 is 0 Å². The number of fused-ring (bicyclic) bond motifs is 1. The Morgan fingerprint density at radius 3 is 2.73 bits per heavy atom. The van der Waals surface area contributed by atoms with Crippen molar-refractivity contribution in [1.82, 2.24) is 24.4 Å². The summed E-state index contributed by atoms with van der Waals surface area (Å²) in [5, 5.41) is 7.22. The molecule has 0 fully saturated rings. The van der Waals surface area contributed by atoms with Crippen LogP contribution in [-0.4, -0.2) is 30.3 Å². The molecule has 4 rings (SSSR count). The first kappa shape index (κ1) is 20.0. The van der Waals surface area contributed by atoms with E-state index in [4.69, 9.17) is 11.6 Å². The largest absolute Gasteiger partial charge is 0.364 e. The van der Waals surface area contributed by atoms with E-state index in [1.165, 1.54) is 12.3 Å². The minimum atomic E-state index is -3.65. The van der Waals surface area contributed by atoms with E-state index in [0.717, 1.165) is 21.7 Å². The van der Waals surface area contributed by atoms with Crippen LogP contribution in [0.3, 0.4) is 0 Å². The second-order valence-corrected chi connectivity index (χ2v) is 7.36. The highest BCUT2D eigenvalue weighted by Crippen LogP contribution is 2.32. The van der Waals surface area contributed by atoms with Crippen molar-refractivity contribution < 1.29 is 13.6 Å². The maximum absolute atomic E-state index is 13.7. The zero-order valence-electron chi connectivity index (χ0n) is 16.1. The third-order valence-electron chi connectivity index (χ3n) is 4.56. The summed E-state index contributed by atoms with van der Waals surface area (Å²) >= 11 is 5.17. The number of alkyl halides is 3. The van der Waals surface area contributed by atoms with Gasteiger partial charge in [0.05, 0.1) is 18.4 Å². The van der Waals surface area contributed by atoms with Gasteiger partial charge in [-0.2, -0.15) is 19.0 Å². The molecule has 3 aromatic heterocycles. The summed E-state index contributed by atoms with van der Waals surface area (Å²) < 4.78 is 30.0. The second-order valence-electron chi connectivity index (χ2n) is 6.89. The normalized spacial score (nSPS) is 11.8. The quantitative estimate of drug-likeness (QED) is 0.483. The molecule has 0 atom stereocenters. The first-order chi connectivity index (χ1) is 14.2. The molecule has 1 aromatic carbocycles. The lowest BCUT2D eigenvalue weighted by Crippen LogP contribution is -2.15. The smallest absolute Gasteiger partial charge is 0.318 e. The zero-order chi connectivity index (χ0) is 21.5. The van der Waals surface area contributed by atoms with E-state index in [9.17, 15) is 13.6 Å². The third-order valence-corrected chi connectivity index (χ3v) is 4.76. The lowest BCUT2D eigenvalue weighted by atomic mass is 10.1. The summed E-state index contributed by atoms with van der Waals surface area (Å²) in [7, 11) is 0. The van der Waals surface area contributed by atoms with Gasteiger partial charge in [-0.25, -0.2) is 9.50 Å². The highest BCUT2D eigenvalue weighted by molar-refractivity contribution is 6.21. The maximum Gasteiger partial charge on any atom is 0.364 e. The number of amides is 1. The van der Waals surface area contributed by atoms with Crippen molar-refractivity contribution in [1.29, 1.82) is 0 Å². The summed E-state index contributed by atoms with van der Waals surface area (Å²) in [6.45, 7) is 4.12. The van der Waals surface area contributed by atoms with Gasteiger partial charge in [0.15, 0.2) is 11.3 Å². The highest BCUT2D eigenvalue weighted by atomic mass is 35.5. The number of rotatable bonds is 5. The van der Waals surface area contributed by atoms with Crippen LogP contribution in [-0.2, 0) is 11.9 Å². The van der Waals surface area contributed by atoms with Crippen LogP contribution in [0.5, 0.6) is 0 Å². The Labute approximate surface area is 175 Å². The molecular formula is C20H17ClF2N6O. The maximum atomic E-state index is 13.7. The molecule has 0 aliphatic carbocycles. The van der Waals surface area contributed by atoms with Crippen LogP contribution in [0.4, 0.5) is 14.5 Å². The Balaban J connectivity index is 1.55. The minimum Gasteiger partial charge on any atom is -0.318 e. The fourth-order valence-electron chi connectivity index (χ4n) is 3.08. The van der Waals surface area contributed by atoms with Gasteiger partial charge in [0.1, 0.15) is 5.69 Å². The average molecular weight is 431 g/mol. The first-order valence-electron chi connectivity index (χ1n) is 9.03. The molecule has 154 valence electrons. The molecule has 10 heteroatoms. The van der Waals surface area contributed by atoms with Gasteiger partial charge in [-0.15, -0.1) is 0 Å². The minimum absolute atomic E-state index is 0.0677. The lowest BCUT2D eigenvalue weighted by Gasteiger charge is -2.10. The van der Waals surface area contributed by atoms with Crippen molar-refractivity contribution in [3.63, 3.8) is 0 Å². The number of hydrogen-bond donors (Lipinski definition) is 1. The van der Waals surface area contributed by atoms with Crippen LogP contribution in [0.15, 0.2) is 48.8 Å². The zero-order valence-corrected chi connectivity index (χ0v) is 16.9. The van der Waals surface area contributed by atoms with Crippen LogP contribution < -0.4 is 5.32 Å². The fourth-order valence-corrected chi connectivity index (χ4v) is 3.22. The number of carbonyl (C=O) groups excluding carboxylic acids is 1. The summed E-state index contributed by atoms with van der Waals surface area (Å²) in [6.07, 6.45) is 3.19. The number of aromatic nitrogens is 5. The van der Waals surface area contributed by atoms with E-state index in [0.29, 0.717) is 17.9 Å². The van der Waals surface area contributed by atoms with Gasteiger partial charge in [0.25, 0.3) is 5.91 Å². The Morgan fingerprint density at radius 2 is 2.00 bits per heavy atom. The van der Waals surface area contributed by atoms with Gasteiger partial charge >= 0.3 is 5.38 Å². The standard InChI is InChI=1S/C20H17ClF2N6O/c1-12-5-3-4-6-14(12)10-28-11-15(9-24-28)26-19(30)16-8-18-25-13(2)7-17(20(21,22)23)29(18)27-16/h3-9,11H,10H2,1-2H3,(H,26,30). The lowest BCUT2D eigenvalue weighted by molar-refractivity contribution is 0.0868. The molecule has 0 bridgehead atoms.